The molecule has 2 fully saturated rings. The fourth-order valence-electron chi connectivity index (χ4n) is 3.85. The molecule has 0 aromatic carbocycles. The smallest absolute Gasteiger partial charge is 0.273 e. The highest BCUT2D eigenvalue weighted by molar-refractivity contribution is 5.94. The van der Waals surface area contributed by atoms with Gasteiger partial charge in [-0.1, -0.05) is 13.8 Å². The zero-order chi connectivity index (χ0) is 15.0. The number of hydrogen-bond donors (Lipinski definition) is 2. The SMILES string of the molecule is CC1(C)CC(NC(=O)c2ncccc2O)CC(C2CC2)C1. The largest absolute Gasteiger partial charge is 0.505 e. The second-order valence-electron chi connectivity index (χ2n) is 7.45. The van der Waals surface area contributed by atoms with E-state index in [2.05, 4.69) is 24.1 Å². The Morgan fingerprint density at radius 2 is 2.10 bits per heavy atom. The lowest BCUT2D eigenvalue weighted by Gasteiger charge is -2.40. The van der Waals surface area contributed by atoms with Gasteiger partial charge in [-0.2, -0.15) is 0 Å². The Labute approximate surface area is 126 Å². The molecule has 1 aromatic heterocycles. The zero-order valence-corrected chi connectivity index (χ0v) is 12.8. The highest BCUT2D eigenvalue weighted by atomic mass is 16.3. The molecule has 0 saturated heterocycles. The van der Waals surface area contributed by atoms with E-state index < -0.39 is 0 Å². The van der Waals surface area contributed by atoms with E-state index in [0.29, 0.717) is 0 Å². The average molecular weight is 288 g/mol. The lowest BCUT2D eigenvalue weighted by atomic mass is 9.68. The Balaban J connectivity index is 1.68. The Morgan fingerprint density at radius 1 is 1.33 bits per heavy atom. The van der Waals surface area contributed by atoms with Crippen LogP contribution < -0.4 is 5.32 Å². The average Bonchev–Trinajstić information content (AvgIpc) is 3.21. The van der Waals surface area contributed by atoms with Crippen molar-refractivity contribution >= 4 is 5.91 Å². The fraction of sp³-hybridized carbons (Fsp3) is 0.647. The van der Waals surface area contributed by atoms with Crippen LogP contribution in [0.1, 0.15) is 56.4 Å². The van der Waals surface area contributed by atoms with Crippen molar-refractivity contribution in [2.45, 2.75) is 52.0 Å². The molecule has 1 amide bonds. The number of aromatic hydroxyl groups is 1. The van der Waals surface area contributed by atoms with Crippen LogP contribution in [-0.4, -0.2) is 22.0 Å². The Hall–Kier alpha value is -1.58. The summed E-state index contributed by atoms with van der Waals surface area (Å²) in [5.41, 5.74) is 0.402. The van der Waals surface area contributed by atoms with Gasteiger partial charge in [-0.3, -0.25) is 4.79 Å². The first-order valence-corrected chi connectivity index (χ1v) is 7.89. The summed E-state index contributed by atoms with van der Waals surface area (Å²) < 4.78 is 0. The second kappa shape index (κ2) is 5.32. The number of rotatable bonds is 3. The summed E-state index contributed by atoms with van der Waals surface area (Å²) in [6.07, 6.45) is 7.55. The summed E-state index contributed by atoms with van der Waals surface area (Å²) >= 11 is 0. The predicted molar refractivity (Wildman–Crippen MR) is 81.0 cm³/mol. The van der Waals surface area contributed by atoms with Gasteiger partial charge in [0.15, 0.2) is 5.69 Å². The normalized spacial score (nSPS) is 28.1. The van der Waals surface area contributed by atoms with E-state index in [-0.39, 0.29) is 28.8 Å². The summed E-state index contributed by atoms with van der Waals surface area (Å²) in [5.74, 6) is 1.29. The molecule has 114 valence electrons. The third-order valence-corrected chi connectivity index (χ3v) is 4.83. The van der Waals surface area contributed by atoms with Crippen molar-refractivity contribution in [1.82, 2.24) is 10.3 Å². The molecule has 21 heavy (non-hydrogen) atoms. The van der Waals surface area contributed by atoms with Crippen molar-refractivity contribution in [3.8, 4) is 5.75 Å². The summed E-state index contributed by atoms with van der Waals surface area (Å²) in [6, 6.07) is 3.31. The van der Waals surface area contributed by atoms with E-state index in [1.54, 1.807) is 6.07 Å². The highest BCUT2D eigenvalue weighted by Crippen LogP contribution is 2.49. The molecule has 0 radical (unpaired) electrons. The second-order valence-corrected chi connectivity index (χ2v) is 7.45. The van der Waals surface area contributed by atoms with E-state index in [0.717, 1.165) is 24.7 Å². The van der Waals surface area contributed by atoms with Crippen LogP contribution in [-0.2, 0) is 0 Å². The van der Waals surface area contributed by atoms with Crippen LogP contribution in [0.5, 0.6) is 5.75 Å². The molecule has 4 nitrogen and oxygen atoms in total. The first-order valence-electron chi connectivity index (χ1n) is 7.89. The number of aromatic nitrogens is 1. The molecular formula is C17H24N2O2. The van der Waals surface area contributed by atoms with Gasteiger partial charge >= 0.3 is 0 Å². The van der Waals surface area contributed by atoms with Gasteiger partial charge in [0.2, 0.25) is 0 Å². The summed E-state index contributed by atoms with van der Waals surface area (Å²) in [7, 11) is 0. The first kappa shape index (κ1) is 14.4. The van der Waals surface area contributed by atoms with Gasteiger partial charge in [0.25, 0.3) is 5.91 Å². The standard InChI is InChI=1S/C17H24N2O2/c1-17(2)9-12(11-5-6-11)8-13(10-17)19-16(21)15-14(20)4-3-7-18-15/h3-4,7,11-13,20H,5-6,8-10H2,1-2H3,(H,19,21). The van der Waals surface area contributed by atoms with Gasteiger partial charge in [0.05, 0.1) is 0 Å². The van der Waals surface area contributed by atoms with Crippen LogP contribution in [0.2, 0.25) is 0 Å². The van der Waals surface area contributed by atoms with E-state index >= 15 is 0 Å². The lowest BCUT2D eigenvalue weighted by molar-refractivity contribution is 0.0841. The van der Waals surface area contributed by atoms with Crippen molar-refractivity contribution in [2.75, 3.05) is 0 Å². The van der Waals surface area contributed by atoms with Crippen molar-refractivity contribution in [3.05, 3.63) is 24.0 Å². The number of amides is 1. The van der Waals surface area contributed by atoms with Gasteiger partial charge in [-0.05, 0) is 61.5 Å². The van der Waals surface area contributed by atoms with Crippen LogP contribution in [0, 0.1) is 17.3 Å². The minimum absolute atomic E-state index is 0.0520. The molecule has 4 heteroatoms. The molecule has 1 heterocycles. The molecule has 2 atom stereocenters. The van der Waals surface area contributed by atoms with E-state index in [9.17, 15) is 9.90 Å². The Kier molecular flexibility index (Phi) is 3.64. The zero-order valence-electron chi connectivity index (χ0n) is 12.8. The molecule has 2 N–H and O–H groups in total. The van der Waals surface area contributed by atoms with E-state index in [1.165, 1.54) is 31.5 Å². The van der Waals surface area contributed by atoms with E-state index in [1.807, 2.05) is 0 Å². The van der Waals surface area contributed by atoms with Crippen molar-refractivity contribution in [2.24, 2.45) is 17.3 Å². The number of carbonyl (C=O) groups is 1. The monoisotopic (exact) mass is 288 g/mol. The maximum absolute atomic E-state index is 12.3. The van der Waals surface area contributed by atoms with Crippen molar-refractivity contribution in [1.29, 1.82) is 0 Å². The maximum atomic E-state index is 12.3. The number of pyridine rings is 1. The molecule has 0 aliphatic heterocycles. The maximum Gasteiger partial charge on any atom is 0.273 e. The van der Waals surface area contributed by atoms with Crippen LogP contribution in [0.15, 0.2) is 18.3 Å². The molecular weight excluding hydrogens is 264 g/mol. The van der Waals surface area contributed by atoms with Gasteiger partial charge in [0.1, 0.15) is 5.75 Å². The van der Waals surface area contributed by atoms with Crippen LogP contribution in [0.4, 0.5) is 0 Å². The van der Waals surface area contributed by atoms with Crippen LogP contribution in [0.25, 0.3) is 0 Å². The topological polar surface area (TPSA) is 62.2 Å². The molecule has 0 spiro atoms. The van der Waals surface area contributed by atoms with Gasteiger partial charge in [-0.15, -0.1) is 0 Å². The molecule has 2 saturated carbocycles. The Bertz CT molecular complexity index is 537. The van der Waals surface area contributed by atoms with Crippen molar-refractivity contribution in [3.63, 3.8) is 0 Å². The molecule has 2 unspecified atom stereocenters. The summed E-state index contributed by atoms with van der Waals surface area (Å²) in [5, 5.41) is 12.8. The number of hydrogen-bond acceptors (Lipinski definition) is 3. The summed E-state index contributed by atoms with van der Waals surface area (Å²) in [6.45, 7) is 4.58. The molecule has 2 aliphatic rings. The number of carbonyl (C=O) groups excluding carboxylic acids is 1. The fourth-order valence-corrected chi connectivity index (χ4v) is 3.85. The minimum atomic E-state index is -0.259. The Morgan fingerprint density at radius 3 is 2.76 bits per heavy atom. The van der Waals surface area contributed by atoms with Crippen molar-refractivity contribution < 1.29 is 9.90 Å². The number of nitrogens with one attached hydrogen (secondary N) is 1. The van der Waals surface area contributed by atoms with Gasteiger partial charge in [-0.25, -0.2) is 4.98 Å². The quantitative estimate of drug-likeness (QED) is 0.898. The molecule has 1 aromatic rings. The van der Waals surface area contributed by atoms with Crippen LogP contribution >= 0.6 is 0 Å². The third kappa shape index (κ3) is 3.36. The van der Waals surface area contributed by atoms with Gasteiger partial charge in [0, 0.05) is 12.2 Å². The predicted octanol–water partition coefficient (Wildman–Crippen LogP) is 3.12. The lowest BCUT2D eigenvalue weighted by Crippen LogP contribution is -2.44. The number of nitrogens with zero attached hydrogens (tertiary/aromatic N) is 1. The minimum Gasteiger partial charge on any atom is -0.505 e. The highest BCUT2D eigenvalue weighted by Gasteiger charge is 2.41. The first-order chi connectivity index (χ1) is 9.94. The van der Waals surface area contributed by atoms with Gasteiger partial charge < -0.3 is 10.4 Å². The summed E-state index contributed by atoms with van der Waals surface area (Å²) in [4.78, 5) is 16.3. The molecule has 3 rings (SSSR count). The molecule has 0 bridgehead atoms. The third-order valence-electron chi connectivity index (χ3n) is 4.83. The van der Waals surface area contributed by atoms with E-state index in [4.69, 9.17) is 0 Å². The van der Waals surface area contributed by atoms with Crippen LogP contribution in [0.3, 0.4) is 0 Å². The molecule has 2 aliphatic carbocycles.